The summed E-state index contributed by atoms with van der Waals surface area (Å²) in [6, 6.07) is 0. The predicted octanol–water partition coefficient (Wildman–Crippen LogP) is 0.731. The van der Waals surface area contributed by atoms with Gasteiger partial charge in [0.1, 0.15) is 5.82 Å². The van der Waals surface area contributed by atoms with E-state index < -0.39 is 0 Å². The number of hydrogen-bond acceptors (Lipinski definition) is 3. The van der Waals surface area contributed by atoms with Crippen LogP contribution in [-0.2, 0) is 13.1 Å². The summed E-state index contributed by atoms with van der Waals surface area (Å²) in [6.07, 6.45) is 6.09. The highest BCUT2D eigenvalue weighted by molar-refractivity contribution is 4.91. The van der Waals surface area contributed by atoms with Crippen LogP contribution >= 0.6 is 0 Å². The lowest BCUT2D eigenvalue weighted by Crippen LogP contribution is -2.18. The normalized spacial score (nSPS) is 10.7. The zero-order valence-corrected chi connectivity index (χ0v) is 8.87. The molecule has 80 valence electrons. The fourth-order valence-electron chi connectivity index (χ4n) is 1.39. The minimum absolute atomic E-state index is 0.783. The van der Waals surface area contributed by atoms with Crippen LogP contribution in [0.3, 0.4) is 0 Å². The second-order valence-electron chi connectivity index (χ2n) is 3.30. The molecule has 0 aliphatic carbocycles. The van der Waals surface area contributed by atoms with Crippen LogP contribution in [0, 0.1) is 0 Å². The summed E-state index contributed by atoms with van der Waals surface area (Å²) < 4.78 is 2.15. The maximum atomic E-state index is 5.41. The number of rotatable bonds is 7. The molecule has 0 bridgehead atoms. The average Bonchev–Trinajstić information content (AvgIpc) is 2.65. The summed E-state index contributed by atoms with van der Waals surface area (Å²) in [5, 5.41) is 3.36. The monoisotopic (exact) mass is 196 g/mol. The highest BCUT2D eigenvalue weighted by Crippen LogP contribution is 1.96. The highest BCUT2D eigenvalue weighted by atomic mass is 15.1. The minimum atomic E-state index is 0.783. The third-order valence-corrected chi connectivity index (χ3v) is 2.23. The quantitative estimate of drug-likeness (QED) is 0.632. The van der Waals surface area contributed by atoms with Crippen LogP contribution in [0.25, 0.3) is 0 Å². The Hall–Kier alpha value is -0.870. The summed E-state index contributed by atoms with van der Waals surface area (Å²) in [4.78, 5) is 4.28. The maximum absolute atomic E-state index is 5.41. The molecule has 0 spiro atoms. The number of unbranched alkanes of at least 4 members (excludes halogenated alkanes) is 1. The van der Waals surface area contributed by atoms with Gasteiger partial charge in [0, 0.05) is 18.9 Å². The molecule has 1 heterocycles. The molecular formula is C10H20N4. The molecule has 1 aromatic rings. The van der Waals surface area contributed by atoms with E-state index in [0.717, 1.165) is 44.8 Å². The van der Waals surface area contributed by atoms with Crippen molar-refractivity contribution >= 4 is 0 Å². The van der Waals surface area contributed by atoms with Crippen LogP contribution in [0.2, 0.25) is 0 Å². The molecule has 3 N–H and O–H groups in total. The first-order valence-corrected chi connectivity index (χ1v) is 5.29. The van der Waals surface area contributed by atoms with Crippen LogP contribution in [0.1, 0.15) is 25.6 Å². The van der Waals surface area contributed by atoms with Crippen LogP contribution in [0.15, 0.2) is 12.4 Å². The Bertz CT molecular complexity index is 244. The van der Waals surface area contributed by atoms with E-state index >= 15 is 0 Å². The van der Waals surface area contributed by atoms with Crippen molar-refractivity contribution in [3.63, 3.8) is 0 Å². The van der Waals surface area contributed by atoms with E-state index in [1.54, 1.807) is 0 Å². The lowest BCUT2D eigenvalue weighted by molar-refractivity contribution is 0.586. The van der Waals surface area contributed by atoms with E-state index in [-0.39, 0.29) is 0 Å². The van der Waals surface area contributed by atoms with Gasteiger partial charge in [0.15, 0.2) is 0 Å². The van der Waals surface area contributed by atoms with Gasteiger partial charge in [-0.3, -0.25) is 0 Å². The molecule has 1 aromatic heterocycles. The summed E-state index contributed by atoms with van der Waals surface area (Å²) in [5.74, 6) is 1.11. The molecule has 0 atom stereocenters. The first-order chi connectivity index (χ1) is 6.88. The van der Waals surface area contributed by atoms with E-state index in [1.165, 1.54) is 0 Å². The summed E-state index contributed by atoms with van der Waals surface area (Å²) in [7, 11) is 0. The molecule has 1 rings (SSSR count). The number of aryl methyl sites for hydroxylation is 1. The number of imidazole rings is 1. The zero-order valence-electron chi connectivity index (χ0n) is 8.87. The molecule has 0 fully saturated rings. The van der Waals surface area contributed by atoms with Crippen molar-refractivity contribution in [3.05, 3.63) is 18.2 Å². The van der Waals surface area contributed by atoms with Gasteiger partial charge in [-0.2, -0.15) is 0 Å². The standard InChI is InChI=1S/C10H20N4/c1-2-14-8-7-13-10(14)9-12-6-4-3-5-11/h7-8,12H,2-6,9,11H2,1H3. The summed E-state index contributed by atoms with van der Waals surface area (Å²) in [6.45, 7) is 5.77. The average molecular weight is 196 g/mol. The molecule has 0 aliphatic rings. The van der Waals surface area contributed by atoms with Gasteiger partial charge in [-0.25, -0.2) is 4.98 Å². The minimum Gasteiger partial charge on any atom is -0.334 e. The highest BCUT2D eigenvalue weighted by Gasteiger charge is 1.98. The molecule has 0 radical (unpaired) electrons. The Kier molecular flexibility index (Phi) is 5.25. The molecule has 0 unspecified atom stereocenters. The van der Waals surface area contributed by atoms with Crippen molar-refractivity contribution in [2.45, 2.75) is 32.9 Å². The van der Waals surface area contributed by atoms with Crippen molar-refractivity contribution < 1.29 is 0 Å². The molecule has 0 aliphatic heterocycles. The number of aromatic nitrogens is 2. The number of hydrogen-bond donors (Lipinski definition) is 2. The molecule has 0 aromatic carbocycles. The van der Waals surface area contributed by atoms with Crippen LogP contribution < -0.4 is 11.1 Å². The maximum Gasteiger partial charge on any atom is 0.122 e. The third-order valence-electron chi connectivity index (χ3n) is 2.23. The second kappa shape index (κ2) is 6.56. The number of nitrogens with one attached hydrogen (secondary N) is 1. The number of nitrogens with zero attached hydrogens (tertiary/aromatic N) is 2. The zero-order chi connectivity index (χ0) is 10.2. The summed E-state index contributed by atoms with van der Waals surface area (Å²) >= 11 is 0. The van der Waals surface area contributed by atoms with Gasteiger partial charge in [-0.1, -0.05) is 0 Å². The van der Waals surface area contributed by atoms with Crippen LogP contribution in [-0.4, -0.2) is 22.6 Å². The Labute approximate surface area is 85.5 Å². The van der Waals surface area contributed by atoms with E-state index in [1.807, 2.05) is 12.4 Å². The lowest BCUT2D eigenvalue weighted by atomic mass is 10.3. The van der Waals surface area contributed by atoms with Crippen LogP contribution in [0.4, 0.5) is 0 Å². The van der Waals surface area contributed by atoms with Crippen LogP contribution in [0.5, 0.6) is 0 Å². The molecule has 0 amide bonds. The molecule has 0 saturated carbocycles. The van der Waals surface area contributed by atoms with E-state index in [0.29, 0.717) is 0 Å². The topological polar surface area (TPSA) is 55.9 Å². The fourth-order valence-corrected chi connectivity index (χ4v) is 1.39. The van der Waals surface area contributed by atoms with Crippen molar-refractivity contribution in [1.82, 2.24) is 14.9 Å². The second-order valence-corrected chi connectivity index (χ2v) is 3.30. The fraction of sp³-hybridized carbons (Fsp3) is 0.700. The van der Waals surface area contributed by atoms with E-state index in [4.69, 9.17) is 5.73 Å². The van der Waals surface area contributed by atoms with Gasteiger partial charge in [0.25, 0.3) is 0 Å². The third kappa shape index (κ3) is 3.47. The van der Waals surface area contributed by atoms with Gasteiger partial charge < -0.3 is 15.6 Å². The molecule has 4 nitrogen and oxygen atoms in total. The van der Waals surface area contributed by atoms with Crippen molar-refractivity contribution in [3.8, 4) is 0 Å². The Morgan fingerprint density at radius 2 is 2.36 bits per heavy atom. The summed E-state index contributed by atoms with van der Waals surface area (Å²) in [5.41, 5.74) is 5.41. The van der Waals surface area contributed by atoms with Gasteiger partial charge in [0.2, 0.25) is 0 Å². The Morgan fingerprint density at radius 1 is 1.50 bits per heavy atom. The predicted molar refractivity (Wildman–Crippen MR) is 57.9 cm³/mol. The van der Waals surface area contributed by atoms with Gasteiger partial charge in [-0.15, -0.1) is 0 Å². The van der Waals surface area contributed by atoms with E-state index in [9.17, 15) is 0 Å². The van der Waals surface area contributed by atoms with E-state index in [2.05, 4.69) is 21.8 Å². The molecular weight excluding hydrogens is 176 g/mol. The first-order valence-electron chi connectivity index (χ1n) is 5.29. The molecule has 0 saturated heterocycles. The molecule has 4 heteroatoms. The van der Waals surface area contributed by atoms with Gasteiger partial charge in [-0.05, 0) is 32.9 Å². The smallest absolute Gasteiger partial charge is 0.122 e. The Morgan fingerprint density at radius 3 is 3.07 bits per heavy atom. The van der Waals surface area contributed by atoms with Gasteiger partial charge >= 0.3 is 0 Å². The van der Waals surface area contributed by atoms with Crippen molar-refractivity contribution in [1.29, 1.82) is 0 Å². The number of nitrogens with two attached hydrogens (primary N) is 1. The lowest BCUT2D eigenvalue weighted by Gasteiger charge is -2.05. The SMILES string of the molecule is CCn1ccnc1CNCCCCN. The van der Waals surface area contributed by atoms with Crippen molar-refractivity contribution in [2.24, 2.45) is 5.73 Å². The van der Waals surface area contributed by atoms with Gasteiger partial charge in [0.05, 0.1) is 6.54 Å². The first kappa shape index (κ1) is 11.2. The van der Waals surface area contributed by atoms with Crippen molar-refractivity contribution in [2.75, 3.05) is 13.1 Å². The largest absolute Gasteiger partial charge is 0.334 e. The Balaban J connectivity index is 2.17. The molecule has 14 heavy (non-hydrogen) atoms.